The van der Waals surface area contributed by atoms with Gasteiger partial charge in [0.15, 0.2) is 0 Å². The van der Waals surface area contributed by atoms with Crippen molar-refractivity contribution in [1.29, 1.82) is 0 Å². The van der Waals surface area contributed by atoms with Gasteiger partial charge in [0, 0.05) is 12.1 Å². The molecule has 0 spiro atoms. The van der Waals surface area contributed by atoms with Crippen molar-refractivity contribution >= 4 is 12.4 Å². The van der Waals surface area contributed by atoms with Crippen molar-refractivity contribution < 1.29 is 5.11 Å². The minimum atomic E-state index is 0. The molecule has 3 N–H and O–H groups in total. The minimum Gasteiger partial charge on any atom is -0.507 e. The van der Waals surface area contributed by atoms with Crippen LogP contribution in [0.25, 0.3) is 0 Å². The van der Waals surface area contributed by atoms with Crippen molar-refractivity contribution in [2.45, 2.75) is 39.7 Å². The van der Waals surface area contributed by atoms with Gasteiger partial charge in [0.2, 0.25) is 0 Å². The molecule has 86 valence electrons. The van der Waals surface area contributed by atoms with Crippen LogP contribution in [0.15, 0.2) is 12.1 Å². The maximum atomic E-state index is 9.67. The molecular formula is C12H20ClNO. The van der Waals surface area contributed by atoms with Gasteiger partial charge < -0.3 is 10.8 Å². The van der Waals surface area contributed by atoms with Crippen LogP contribution in [0.3, 0.4) is 0 Å². The number of halogens is 1. The van der Waals surface area contributed by atoms with Gasteiger partial charge in [-0.25, -0.2) is 0 Å². The normalized spacial score (nSPS) is 9.80. The summed E-state index contributed by atoms with van der Waals surface area (Å²) >= 11 is 0. The van der Waals surface area contributed by atoms with Gasteiger partial charge >= 0.3 is 0 Å². The predicted octanol–water partition coefficient (Wildman–Crippen LogP) is 2.92. The molecule has 0 amide bonds. The molecule has 0 saturated heterocycles. The first kappa shape index (κ1) is 14.3. The number of hydrogen-bond donors (Lipinski definition) is 2. The highest BCUT2D eigenvalue weighted by molar-refractivity contribution is 5.85. The second-order valence-electron chi connectivity index (χ2n) is 3.73. The van der Waals surface area contributed by atoms with Crippen LogP contribution in [0.5, 0.6) is 5.75 Å². The molecule has 0 aliphatic heterocycles. The molecule has 0 aliphatic rings. The Morgan fingerprint density at radius 1 is 1.33 bits per heavy atom. The Morgan fingerprint density at radius 3 is 2.53 bits per heavy atom. The Hall–Kier alpha value is -0.730. The Morgan fingerprint density at radius 2 is 2.00 bits per heavy atom. The van der Waals surface area contributed by atoms with Crippen LogP contribution in [0.1, 0.15) is 36.5 Å². The van der Waals surface area contributed by atoms with Crippen molar-refractivity contribution in [3.63, 3.8) is 0 Å². The first-order chi connectivity index (χ1) is 6.69. The predicted molar refractivity (Wildman–Crippen MR) is 66.6 cm³/mol. The van der Waals surface area contributed by atoms with Crippen LogP contribution >= 0.6 is 12.4 Å². The third kappa shape index (κ3) is 3.73. The van der Waals surface area contributed by atoms with Crippen molar-refractivity contribution in [3.05, 3.63) is 28.8 Å². The summed E-state index contributed by atoms with van der Waals surface area (Å²) in [6.45, 7) is 4.51. The van der Waals surface area contributed by atoms with E-state index >= 15 is 0 Å². The van der Waals surface area contributed by atoms with Gasteiger partial charge in [-0.2, -0.15) is 0 Å². The van der Waals surface area contributed by atoms with E-state index < -0.39 is 0 Å². The first-order valence-electron chi connectivity index (χ1n) is 5.20. The third-order valence-electron chi connectivity index (χ3n) is 2.48. The SMILES string of the molecule is CCCCc1cc(C)c(O)c(CN)c1.Cl. The van der Waals surface area contributed by atoms with Crippen molar-refractivity contribution in [3.8, 4) is 5.75 Å². The Balaban J connectivity index is 0.00000196. The smallest absolute Gasteiger partial charge is 0.122 e. The molecule has 0 radical (unpaired) electrons. The third-order valence-corrected chi connectivity index (χ3v) is 2.48. The molecule has 0 unspecified atom stereocenters. The zero-order chi connectivity index (χ0) is 10.6. The number of unbranched alkanes of at least 4 members (excludes halogenated alkanes) is 1. The maximum absolute atomic E-state index is 9.67. The molecule has 0 saturated carbocycles. The van der Waals surface area contributed by atoms with E-state index in [4.69, 9.17) is 5.73 Å². The standard InChI is InChI=1S/C12H19NO.ClH/c1-3-4-5-10-6-9(2)12(14)11(7-10)8-13;/h6-7,14H,3-5,8,13H2,1-2H3;1H. The van der Waals surface area contributed by atoms with E-state index in [1.807, 2.05) is 19.1 Å². The summed E-state index contributed by atoms with van der Waals surface area (Å²) in [5.41, 5.74) is 8.62. The van der Waals surface area contributed by atoms with Gasteiger partial charge in [-0.05, 0) is 30.9 Å². The second-order valence-corrected chi connectivity index (χ2v) is 3.73. The fourth-order valence-electron chi connectivity index (χ4n) is 1.61. The molecule has 15 heavy (non-hydrogen) atoms. The molecule has 1 rings (SSSR count). The number of benzene rings is 1. The molecule has 0 heterocycles. The number of aryl methyl sites for hydroxylation is 2. The molecule has 0 bridgehead atoms. The monoisotopic (exact) mass is 229 g/mol. The Labute approximate surface area is 97.9 Å². The molecule has 0 aromatic heterocycles. The molecular weight excluding hydrogens is 210 g/mol. The van der Waals surface area contributed by atoms with Gasteiger partial charge in [-0.3, -0.25) is 0 Å². The van der Waals surface area contributed by atoms with Crippen molar-refractivity contribution in [1.82, 2.24) is 0 Å². The van der Waals surface area contributed by atoms with Crippen molar-refractivity contribution in [2.24, 2.45) is 5.73 Å². The lowest BCUT2D eigenvalue weighted by atomic mass is 10.0. The number of rotatable bonds is 4. The summed E-state index contributed by atoms with van der Waals surface area (Å²) in [5.74, 6) is 0.354. The van der Waals surface area contributed by atoms with Crippen LogP contribution < -0.4 is 5.73 Å². The van der Waals surface area contributed by atoms with Gasteiger partial charge in [0.05, 0.1) is 0 Å². The summed E-state index contributed by atoms with van der Waals surface area (Å²) in [5, 5.41) is 9.67. The number of aromatic hydroxyl groups is 1. The topological polar surface area (TPSA) is 46.2 Å². The van der Waals surface area contributed by atoms with Gasteiger partial charge in [-0.15, -0.1) is 12.4 Å². The van der Waals surface area contributed by atoms with E-state index in [0.29, 0.717) is 12.3 Å². The number of nitrogens with two attached hydrogens (primary N) is 1. The van der Waals surface area contributed by atoms with E-state index in [2.05, 4.69) is 6.92 Å². The molecule has 1 aromatic carbocycles. The summed E-state index contributed by atoms with van der Waals surface area (Å²) in [4.78, 5) is 0. The maximum Gasteiger partial charge on any atom is 0.122 e. The molecule has 0 aliphatic carbocycles. The van der Waals surface area contributed by atoms with Crippen LogP contribution in [-0.2, 0) is 13.0 Å². The number of hydrogen-bond acceptors (Lipinski definition) is 2. The largest absolute Gasteiger partial charge is 0.507 e. The van der Waals surface area contributed by atoms with Crippen LogP contribution in [-0.4, -0.2) is 5.11 Å². The average Bonchev–Trinajstić information content (AvgIpc) is 2.19. The fraction of sp³-hybridized carbons (Fsp3) is 0.500. The van der Waals surface area contributed by atoms with Crippen LogP contribution in [0.4, 0.5) is 0 Å². The second kappa shape index (κ2) is 6.70. The highest BCUT2D eigenvalue weighted by Crippen LogP contribution is 2.24. The lowest BCUT2D eigenvalue weighted by Gasteiger charge is -2.08. The fourth-order valence-corrected chi connectivity index (χ4v) is 1.61. The Bertz CT molecular complexity index is 313. The quantitative estimate of drug-likeness (QED) is 0.834. The molecule has 0 atom stereocenters. The molecule has 2 nitrogen and oxygen atoms in total. The van der Waals surface area contributed by atoms with Crippen LogP contribution in [0, 0.1) is 6.92 Å². The van der Waals surface area contributed by atoms with E-state index in [0.717, 1.165) is 17.5 Å². The molecule has 1 aromatic rings. The van der Waals surface area contributed by atoms with Gasteiger partial charge in [-0.1, -0.05) is 25.5 Å². The van der Waals surface area contributed by atoms with Crippen molar-refractivity contribution in [2.75, 3.05) is 0 Å². The van der Waals surface area contributed by atoms with Gasteiger partial charge in [0.25, 0.3) is 0 Å². The van der Waals surface area contributed by atoms with E-state index in [9.17, 15) is 5.11 Å². The molecule has 3 heteroatoms. The number of phenolic OH excluding ortho intramolecular Hbond substituents is 1. The molecule has 0 fully saturated rings. The highest BCUT2D eigenvalue weighted by Gasteiger charge is 2.05. The van der Waals surface area contributed by atoms with E-state index in [-0.39, 0.29) is 12.4 Å². The average molecular weight is 230 g/mol. The van der Waals surface area contributed by atoms with E-state index in [1.165, 1.54) is 18.4 Å². The zero-order valence-electron chi connectivity index (χ0n) is 9.42. The highest BCUT2D eigenvalue weighted by atomic mass is 35.5. The summed E-state index contributed by atoms with van der Waals surface area (Å²) in [7, 11) is 0. The summed E-state index contributed by atoms with van der Waals surface area (Å²) in [6.07, 6.45) is 3.46. The van der Waals surface area contributed by atoms with Gasteiger partial charge in [0.1, 0.15) is 5.75 Å². The van der Waals surface area contributed by atoms with E-state index in [1.54, 1.807) is 0 Å². The summed E-state index contributed by atoms with van der Waals surface area (Å²) in [6, 6.07) is 4.06. The number of phenols is 1. The lowest BCUT2D eigenvalue weighted by Crippen LogP contribution is -1.99. The van der Waals surface area contributed by atoms with Crippen LogP contribution in [0.2, 0.25) is 0 Å². The first-order valence-corrected chi connectivity index (χ1v) is 5.20. The Kier molecular flexibility index (Phi) is 6.37. The summed E-state index contributed by atoms with van der Waals surface area (Å²) < 4.78 is 0. The minimum absolute atomic E-state index is 0. The lowest BCUT2D eigenvalue weighted by molar-refractivity contribution is 0.463. The zero-order valence-corrected chi connectivity index (χ0v) is 10.2.